The zero-order valence-corrected chi connectivity index (χ0v) is 9.13. The van der Waals surface area contributed by atoms with Crippen molar-refractivity contribution < 1.29 is 4.52 Å². The lowest BCUT2D eigenvalue weighted by molar-refractivity contribution is 0.326. The summed E-state index contributed by atoms with van der Waals surface area (Å²) in [6.07, 6.45) is 4.46. The highest BCUT2D eigenvalue weighted by Gasteiger charge is 2.25. The third kappa shape index (κ3) is 2.15. The first-order chi connectivity index (χ1) is 6.57. The fourth-order valence-electron chi connectivity index (χ4n) is 1.55. The smallest absolute Gasteiger partial charge is 0.146 e. The van der Waals surface area contributed by atoms with Crippen molar-refractivity contribution in [3.05, 3.63) is 17.5 Å². The van der Waals surface area contributed by atoms with Gasteiger partial charge in [0.25, 0.3) is 0 Å². The van der Waals surface area contributed by atoms with Gasteiger partial charge in [-0.25, -0.2) is 0 Å². The van der Waals surface area contributed by atoms with E-state index in [1.54, 1.807) is 0 Å². The van der Waals surface area contributed by atoms with E-state index < -0.39 is 0 Å². The first kappa shape index (κ1) is 9.71. The van der Waals surface area contributed by atoms with Crippen LogP contribution in [0.15, 0.2) is 10.7 Å². The molecule has 1 aliphatic rings. The highest BCUT2D eigenvalue weighted by molar-refractivity contribution is 5.20. The second-order valence-electron chi connectivity index (χ2n) is 5.09. The Morgan fingerprint density at radius 1 is 1.50 bits per heavy atom. The zero-order chi connectivity index (χ0) is 10.2. The molecule has 3 heteroatoms. The number of nitrogens with one attached hydrogen (secondary N) is 1. The van der Waals surface area contributed by atoms with E-state index in [4.69, 9.17) is 4.52 Å². The van der Waals surface area contributed by atoms with Crippen molar-refractivity contribution in [3.63, 3.8) is 0 Å². The Kier molecular flexibility index (Phi) is 2.35. The first-order valence-electron chi connectivity index (χ1n) is 5.25. The Morgan fingerprint density at radius 3 is 2.79 bits per heavy atom. The predicted molar refractivity (Wildman–Crippen MR) is 55.1 cm³/mol. The molecule has 1 saturated carbocycles. The third-order valence-electron chi connectivity index (χ3n) is 2.48. The number of rotatable bonds is 3. The van der Waals surface area contributed by atoms with Gasteiger partial charge in [0.2, 0.25) is 0 Å². The van der Waals surface area contributed by atoms with E-state index in [9.17, 15) is 0 Å². The fourth-order valence-corrected chi connectivity index (χ4v) is 1.55. The van der Waals surface area contributed by atoms with Gasteiger partial charge >= 0.3 is 0 Å². The molecule has 0 aromatic carbocycles. The van der Waals surface area contributed by atoms with Crippen molar-refractivity contribution in [1.29, 1.82) is 0 Å². The molecule has 0 saturated heterocycles. The van der Waals surface area contributed by atoms with Gasteiger partial charge in [-0.05, 0) is 12.8 Å². The summed E-state index contributed by atoms with van der Waals surface area (Å²) in [5.74, 6) is 1.01. The number of aromatic nitrogens is 1. The van der Waals surface area contributed by atoms with E-state index in [-0.39, 0.29) is 5.41 Å². The molecule has 1 heterocycles. The average Bonchev–Trinajstić information content (AvgIpc) is 2.77. The van der Waals surface area contributed by atoms with E-state index in [1.165, 1.54) is 18.4 Å². The van der Waals surface area contributed by atoms with Crippen LogP contribution >= 0.6 is 0 Å². The number of nitrogens with zero attached hydrogens (tertiary/aromatic N) is 1. The minimum Gasteiger partial charge on any atom is -0.361 e. The normalized spacial score (nSPS) is 17.4. The van der Waals surface area contributed by atoms with Crippen LogP contribution in [-0.4, -0.2) is 11.2 Å². The van der Waals surface area contributed by atoms with E-state index in [1.807, 2.05) is 6.20 Å². The summed E-state index contributed by atoms with van der Waals surface area (Å²) in [5.41, 5.74) is 1.25. The standard InChI is InChI=1S/C11H18N2O/c1-11(2,3)10-8(7-13-14-10)6-12-9-4-5-9/h7,9,12H,4-6H2,1-3H3. The minimum absolute atomic E-state index is 0.0526. The van der Waals surface area contributed by atoms with E-state index in [2.05, 4.69) is 31.2 Å². The summed E-state index contributed by atoms with van der Waals surface area (Å²) in [4.78, 5) is 0. The number of hydrogen-bond donors (Lipinski definition) is 1. The summed E-state index contributed by atoms with van der Waals surface area (Å²) < 4.78 is 5.29. The monoisotopic (exact) mass is 194 g/mol. The van der Waals surface area contributed by atoms with Gasteiger partial charge in [-0.3, -0.25) is 0 Å². The Bertz CT molecular complexity index is 307. The number of hydrogen-bond acceptors (Lipinski definition) is 3. The van der Waals surface area contributed by atoms with Gasteiger partial charge < -0.3 is 9.84 Å². The SMILES string of the molecule is CC(C)(C)c1oncc1CNC1CC1. The molecule has 0 amide bonds. The Hall–Kier alpha value is -0.830. The van der Waals surface area contributed by atoms with E-state index >= 15 is 0 Å². The highest BCUT2D eigenvalue weighted by atomic mass is 16.5. The molecule has 14 heavy (non-hydrogen) atoms. The predicted octanol–water partition coefficient (Wildman–Crippen LogP) is 2.22. The van der Waals surface area contributed by atoms with Gasteiger partial charge in [0, 0.05) is 23.6 Å². The molecule has 1 aromatic heterocycles. The van der Waals surface area contributed by atoms with E-state index in [0.29, 0.717) is 0 Å². The topological polar surface area (TPSA) is 38.1 Å². The van der Waals surface area contributed by atoms with Gasteiger partial charge in [0.05, 0.1) is 6.20 Å². The maximum atomic E-state index is 5.29. The van der Waals surface area contributed by atoms with Crippen molar-refractivity contribution in [2.24, 2.45) is 0 Å². The van der Waals surface area contributed by atoms with E-state index in [0.717, 1.165) is 18.3 Å². The first-order valence-corrected chi connectivity index (χ1v) is 5.25. The van der Waals surface area contributed by atoms with Crippen molar-refractivity contribution in [2.45, 2.75) is 51.6 Å². The van der Waals surface area contributed by atoms with Gasteiger partial charge in [-0.1, -0.05) is 25.9 Å². The molecule has 0 unspecified atom stereocenters. The van der Waals surface area contributed by atoms with Crippen LogP contribution in [0.1, 0.15) is 44.9 Å². The highest BCUT2D eigenvalue weighted by Crippen LogP contribution is 2.26. The lowest BCUT2D eigenvalue weighted by atomic mass is 9.90. The molecule has 1 aliphatic carbocycles. The van der Waals surface area contributed by atoms with Crippen LogP contribution in [0, 0.1) is 0 Å². The van der Waals surface area contributed by atoms with Crippen molar-refractivity contribution in [2.75, 3.05) is 0 Å². The molecule has 0 atom stereocenters. The maximum Gasteiger partial charge on any atom is 0.146 e. The molecular formula is C11H18N2O. The Labute approximate surface area is 84.9 Å². The zero-order valence-electron chi connectivity index (χ0n) is 9.13. The molecule has 0 spiro atoms. The van der Waals surface area contributed by atoms with Crippen molar-refractivity contribution in [3.8, 4) is 0 Å². The van der Waals surface area contributed by atoms with Gasteiger partial charge in [-0.15, -0.1) is 0 Å². The Balaban J connectivity index is 2.04. The van der Waals surface area contributed by atoms with Crippen LogP contribution in [0.3, 0.4) is 0 Å². The lowest BCUT2D eigenvalue weighted by Gasteiger charge is -2.15. The molecule has 1 aromatic rings. The molecule has 0 aliphatic heterocycles. The third-order valence-corrected chi connectivity index (χ3v) is 2.48. The van der Waals surface area contributed by atoms with Gasteiger partial charge in [0.15, 0.2) is 0 Å². The second kappa shape index (κ2) is 3.39. The van der Waals surface area contributed by atoms with Crippen LogP contribution in [0.2, 0.25) is 0 Å². The largest absolute Gasteiger partial charge is 0.361 e. The molecule has 1 N–H and O–H groups in total. The fraction of sp³-hybridized carbons (Fsp3) is 0.727. The lowest BCUT2D eigenvalue weighted by Crippen LogP contribution is -2.19. The molecule has 0 bridgehead atoms. The van der Waals surface area contributed by atoms with Crippen LogP contribution in [0.5, 0.6) is 0 Å². The van der Waals surface area contributed by atoms with Crippen LogP contribution < -0.4 is 5.32 Å². The summed E-state index contributed by atoms with van der Waals surface area (Å²) in [7, 11) is 0. The van der Waals surface area contributed by atoms with Crippen LogP contribution in [-0.2, 0) is 12.0 Å². The van der Waals surface area contributed by atoms with Crippen LogP contribution in [0.4, 0.5) is 0 Å². The minimum atomic E-state index is 0.0526. The van der Waals surface area contributed by atoms with Crippen LogP contribution in [0.25, 0.3) is 0 Å². The second-order valence-corrected chi connectivity index (χ2v) is 5.09. The quantitative estimate of drug-likeness (QED) is 0.801. The Morgan fingerprint density at radius 2 is 2.21 bits per heavy atom. The molecule has 3 nitrogen and oxygen atoms in total. The average molecular weight is 194 g/mol. The van der Waals surface area contributed by atoms with Gasteiger partial charge in [-0.2, -0.15) is 0 Å². The molecule has 1 fully saturated rings. The molecule has 78 valence electrons. The summed E-state index contributed by atoms with van der Waals surface area (Å²) in [6.45, 7) is 7.33. The molecule has 0 radical (unpaired) electrons. The molecular weight excluding hydrogens is 176 g/mol. The van der Waals surface area contributed by atoms with Gasteiger partial charge in [0.1, 0.15) is 5.76 Å². The summed E-state index contributed by atoms with van der Waals surface area (Å²) in [6, 6.07) is 0.734. The maximum absolute atomic E-state index is 5.29. The van der Waals surface area contributed by atoms with Crippen molar-refractivity contribution >= 4 is 0 Å². The molecule has 2 rings (SSSR count). The van der Waals surface area contributed by atoms with Crippen molar-refractivity contribution in [1.82, 2.24) is 10.5 Å². The summed E-state index contributed by atoms with van der Waals surface area (Å²) in [5, 5.41) is 7.34. The summed E-state index contributed by atoms with van der Waals surface area (Å²) >= 11 is 0.